The molecule has 2 heterocycles. The number of hydrogen-bond donors (Lipinski definition) is 1. The van der Waals surface area contributed by atoms with Gasteiger partial charge in [-0.25, -0.2) is 19.7 Å². The van der Waals surface area contributed by atoms with Crippen molar-refractivity contribution in [3.05, 3.63) is 64.9 Å². The molecule has 2 aromatic heterocycles. The zero-order chi connectivity index (χ0) is 14.7. The Kier molecular flexibility index (Phi) is 3.70. The van der Waals surface area contributed by atoms with Crippen molar-refractivity contribution in [2.24, 2.45) is 0 Å². The zero-order valence-corrected chi connectivity index (χ0v) is 11.7. The highest BCUT2D eigenvalue weighted by atomic mass is 32.1. The first-order valence-electron chi connectivity index (χ1n) is 6.28. The molecule has 0 saturated heterocycles. The topological polar surface area (TPSA) is 76.0 Å². The first kappa shape index (κ1) is 13.4. The Morgan fingerprint density at radius 1 is 1.10 bits per heavy atom. The maximum Gasteiger partial charge on any atom is 0.347 e. The minimum absolute atomic E-state index is 0.237. The van der Waals surface area contributed by atoms with Gasteiger partial charge in [0.05, 0.1) is 5.69 Å². The summed E-state index contributed by atoms with van der Waals surface area (Å²) < 4.78 is 0. The number of benzene rings is 1. The molecule has 3 aromatic rings. The van der Waals surface area contributed by atoms with E-state index in [0.717, 1.165) is 16.9 Å². The van der Waals surface area contributed by atoms with Crippen LogP contribution < -0.4 is 0 Å². The van der Waals surface area contributed by atoms with Gasteiger partial charge in [-0.3, -0.25) is 0 Å². The van der Waals surface area contributed by atoms with Gasteiger partial charge < -0.3 is 5.11 Å². The van der Waals surface area contributed by atoms with Crippen LogP contribution in [0.25, 0.3) is 10.8 Å². The molecule has 0 atom stereocenters. The lowest BCUT2D eigenvalue weighted by molar-refractivity contribution is 0.0701. The van der Waals surface area contributed by atoms with E-state index in [9.17, 15) is 9.90 Å². The SMILES string of the molecule is O=C(O)c1sc(-c2ncccn2)nc1Cc1ccccc1. The molecule has 0 bridgehead atoms. The van der Waals surface area contributed by atoms with Crippen molar-refractivity contribution in [1.29, 1.82) is 0 Å². The van der Waals surface area contributed by atoms with Gasteiger partial charge in [0, 0.05) is 18.8 Å². The van der Waals surface area contributed by atoms with Crippen LogP contribution in [-0.2, 0) is 6.42 Å². The van der Waals surface area contributed by atoms with E-state index >= 15 is 0 Å². The summed E-state index contributed by atoms with van der Waals surface area (Å²) in [6, 6.07) is 11.4. The molecule has 3 rings (SSSR count). The molecule has 1 N–H and O–H groups in total. The quantitative estimate of drug-likeness (QED) is 0.801. The Morgan fingerprint density at radius 2 is 1.81 bits per heavy atom. The number of aromatic carboxylic acids is 1. The van der Waals surface area contributed by atoms with Crippen molar-refractivity contribution in [1.82, 2.24) is 15.0 Å². The highest BCUT2D eigenvalue weighted by Crippen LogP contribution is 2.27. The number of carboxylic acids is 1. The third-order valence-electron chi connectivity index (χ3n) is 2.86. The summed E-state index contributed by atoms with van der Waals surface area (Å²) in [7, 11) is 0. The molecule has 104 valence electrons. The summed E-state index contributed by atoms with van der Waals surface area (Å²) >= 11 is 1.10. The summed E-state index contributed by atoms with van der Waals surface area (Å²) in [4.78, 5) is 24.3. The number of rotatable bonds is 4. The number of carbonyl (C=O) groups is 1. The molecule has 0 fully saturated rings. The van der Waals surface area contributed by atoms with Gasteiger partial charge in [0.2, 0.25) is 0 Å². The predicted octanol–water partition coefficient (Wildman–Crippen LogP) is 2.89. The largest absolute Gasteiger partial charge is 0.477 e. The number of carboxylic acid groups (broad SMARTS) is 1. The minimum Gasteiger partial charge on any atom is -0.477 e. The van der Waals surface area contributed by atoms with Crippen molar-refractivity contribution in [3.63, 3.8) is 0 Å². The highest BCUT2D eigenvalue weighted by molar-refractivity contribution is 7.16. The Hall–Kier alpha value is -2.60. The van der Waals surface area contributed by atoms with Gasteiger partial charge in [-0.1, -0.05) is 30.3 Å². The molecule has 1 aromatic carbocycles. The van der Waals surface area contributed by atoms with Gasteiger partial charge in [-0.15, -0.1) is 11.3 Å². The summed E-state index contributed by atoms with van der Waals surface area (Å²) in [5.74, 6) is -0.523. The molecule has 5 nitrogen and oxygen atoms in total. The number of hydrogen-bond acceptors (Lipinski definition) is 5. The Morgan fingerprint density at radius 3 is 2.48 bits per heavy atom. The monoisotopic (exact) mass is 297 g/mol. The van der Waals surface area contributed by atoms with Gasteiger partial charge >= 0.3 is 5.97 Å². The standard InChI is InChI=1S/C15H11N3O2S/c19-15(20)12-11(9-10-5-2-1-3-6-10)18-14(21-12)13-16-7-4-8-17-13/h1-8H,9H2,(H,19,20). The molecule has 0 aliphatic carbocycles. The number of nitrogens with zero attached hydrogens (tertiary/aromatic N) is 3. The van der Waals surface area contributed by atoms with E-state index in [1.807, 2.05) is 30.3 Å². The van der Waals surface area contributed by atoms with Crippen molar-refractivity contribution in [2.45, 2.75) is 6.42 Å². The van der Waals surface area contributed by atoms with Crippen molar-refractivity contribution in [2.75, 3.05) is 0 Å². The fraction of sp³-hybridized carbons (Fsp3) is 0.0667. The lowest BCUT2D eigenvalue weighted by Crippen LogP contribution is -1.99. The summed E-state index contributed by atoms with van der Waals surface area (Å²) in [5, 5.41) is 9.86. The van der Waals surface area contributed by atoms with Crippen LogP contribution in [0.15, 0.2) is 48.8 Å². The molecule has 0 unspecified atom stereocenters. The van der Waals surface area contributed by atoms with Crippen LogP contribution in [0.1, 0.15) is 20.9 Å². The van der Waals surface area contributed by atoms with Gasteiger partial charge in [0.1, 0.15) is 4.88 Å². The van der Waals surface area contributed by atoms with Gasteiger partial charge in [0.15, 0.2) is 10.8 Å². The van der Waals surface area contributed by atoms with Crippen molar-refractivity contribution < 1.29 is 9.90 Å². The van der Waals surface area contributed by atoms with Crippen LogP contribution in [0.2, 0.25) is 0 Å². The molecule has 6 heteroatoms. The Balaban J connectivity index is 2.00. The lowest BCUT2D eigenvalue weighted by Gasteiger charge is -1.99. The first-order valence-corrected chi connectivity index (χ1v) is 7.10. The summed E-state index contributed by atoms with van der Waals surface area (Å²) in [5.41, 5.74) is 1.56. The number of thiazole rings is 1. The highest BCUT2D eigenvalue weighted by Gasteiger charge is 2.19. The second-order valence-corrected chi connectivity index (χ2v) is 5.33. The van der Waals surface area contributed by atoms with Crippen LogP contribution >= 0.6 is 11.3 Å². The zero-order valence-electron chi connectivity index (χ0n) is 10.9. The maximum absolute atomic E-state index is 11.4. The molecular formula is C15H11N3O2S. The fourth-order valence-electron chi connectivity index (χ4n) is 1.93. The Labute approximate surface area is 125 Å². The molecule has 0 amide bonds. The average molecular weight is 297 g/mol. The number of aromatic nitrogens is 3. The molecular weight excluding hydrogens is 286 g/mol. The second-order valence-electron chi connectivity index (χ2n) is 4.33. The van der Waals surface area contributed by atoms with Crippen LogP contribution in [-0.4, -0.2) is 26.0 Å². The van der Waals surface area contributed by atoms with E-state index in [0.29, 0.717) is 22.9 Å². The van der Waals surface area contributed by atoms with Crippen LogP contribution in [0.5, 0.6) is 0 Å². The second kappa shape index (κ2) is 5.80. The van der Waals surface area contributed by atoms with E-state index < -0.39 is 5.97 Å². The smallest absolute Gasteiger partial charge is 0.347 e. The summed E-state index contributed by atoms with van der Waals surface area (Å²) in [6.07, 6.45) is 3.70. The molecule has 0 spiro atoms. The molecule has 0 saturated carbocycles. The van der Waals surface area contributed by atoms with Gasteiger partial charge in [-0.2, -0.15) is 0 Å². The van der Waals surface area contributed by atoms with Crippen LogP contribution in [0.3, 0.4) is 0 Å². The lowest BCUT2D eigenvalue weighted by atomic mass is 10.1. The predicted molar refractivity (Wildman–Crippen MR) is 79.3 cm³/mol. The van der Waals surface area contributed by atoms with Gasteiger partial charge in [-0.05, 0) is 11.6 Å². The fourth-order valence-corrected chi connectivity index (χ4v) is 2.80. The Bertz CT molecular complexity index is 757. The summed E-state index contributed by atoms with van der Waals surface area (Å²) in [6.45, 7) is 0. The van der Waals surface area contributed by atoms with Crippen molar-refractivity contribution in [3.8, 4) is 10.8 Å². The third kappa shape index (κ3) is 2.95. The third-order valence-corrected chi connectivity index (χ3v) is 3.94. The minimum atomic E-state index is -0.972. The molecule has 21 heavy (non-hydrogen) atoms. The molecule has 0 radical (unpaired) electrons. The van der Waals surface area contributed by atoms with Crippen LogP contribution in [0.4, 0.5) is 0 Å². The maximum atomic E-state index is 11.4. The van der Waals surface area contributed by atoms with Crippen LogP contribution in [0, 0.1) is 0 Å². The normalized spacial score (nSPS) is 10.5. The van der Waals surface area contributed by atoms with E-state index in [1.165, 1.54) is 0 Å². The van der Waals surface area contributed by atoms with Crippen molar-refractivity contribution >= 4 is 17.3 Å². The average Bonchev–Trinajstić information content (AvgIpc) is 2.93. The van der Waals surface area contributed by atoms with E-state index in [-0.39, 0.29) is 4.88 Å². The van der Waals surface area contributed by atoms with E-state index in [2.05, 4.69) is 15.0 Å². The van der Waals surface area contributed by atoms with E-state index in [1.54, 1.807) is 18.5 Å². The molecule has 0 aliphatic rings. The van der Waals surface area contributed by atoms with E-state index in [4.69, 9.17) is 0 Å². The van der Waals surface area contributed by atoms with Gasteiger partial charge in [0.25, 0.3) is 0 Å². The first-order chi connectivity index (χ1) is 10.2. The molecule has 0 aliphatic heterocycles.